The third-order valence-corrected chi connectivity index (χ3v) is 3.20. The van der Waals surface area contributed by atoms with Crippen LogP contribution in [0.15, 0.2) is 24.5 Å². The fourth-order valence-electron chi connectivity index (χ4n) is 2.25. The Bertz CT molecular complexity index is 939. The first-order valence-electron chi connectivity index (χ1n) is 7.23. The number of nitrogens with zero attached hydrogens (tertiary/aromatic N) is 5. The highest BCUT2D eigenvalue weighted by molar-refractivity contribution is 5.79. The molecule has 0 aliphatic rings. The zero-order chi connectivity index (χ0) is 17.1. The van der Waals surface area contributed by atoms with Crippen molar-refractivity contribution in [1.82, 2.24) is 24.5 Å². The Labute approximate surface area is 138 Å². The molecule has 0 saturated heterocycles. The van der Waals surface area contributed by atoms with E-state index in [0.29, 0.717) is 11.8 Å². The molecular weight excluding hydrogens is 308 g/mol. The van der Waals surface area contributed by atoms with Gasteiger partial charge in [0.15, 0.2) is 0 Å². The predicted octanol–water partition coefficient (Wildman–Crippen LogP) is 0.671. The van der Waals surface area contributed by atoms with Crippen molar-refractivity contribution in [3.05, 3.63) is 35.9 Å². The first kappa shape index (κ1) is 15.9. The summed E-state index contributed by atoms with van der Waals surface area (Å²) in [6, 6.07) is 5.55. The molecule has 3 N–H and O–H groups in total. The second-order valence-electron chi connectivity index (χ2n) is 5.09. The summed E-state index contributed by atoms with van der Waals surface area (Å²) in [6.45, 7) is 1.90. The first-order chi connectivity index (χ1) is 11.6. The Morgan fingerprint density at radius 1 is 1.33 bits per heavy atom. The molecule has 0 bridgehead atoms. The molecule has 24 heavy (non-hydrogen) atoms. The van der Waals surface area contributed by atoms with E-state index in [2.05, 4.69) is 31.8 Å². The van der Waals surface area contributed by atoms with Gasteiger partial charge in [-0.2, -0.15) is 4.98 Å². The van der Waals surface area contributed by atoms with Crippen LogP contribution in [0.4, 0.5) is 5.95 Å². The third kappa shape index (κ3) is 3.17. The van der Waals surface area contributed by atoms with Crippen LogP contribution in [0, 0.1) is 11.8 Å². The van der Waals surface area contributed by atoms with E-state index in [1.807, 2.05) is 18.2 Å². The highest BCUT2D eigenvalue weighted by atomic mass is 16.5. The molecule has 1 aromatic carbocycles. The van der Waals surface area contributed by atoms with E-state index in [1.165, 1.54) is 6.33 Å². The molecule has 0 fully saturated rings. The molecule has 2 heterocycles. The SMILES string of the molecule is COCc1nc2ccc(C#CC(C)O)cc2n1-c1ncnc(N)n1. The summed E-state index contributed by atoms with van der Waals surface area (Å²) in [4.78, 5) is 16.7. The lowest BCUT2D eigenvalue weighted by molar-refractivity contribution is 0.176. The summed E-state index contributed by atoms with van der Waals surface area (Å²) in [5.74, 6) is 6.75. The number of ether oxygens (including phenoxy) is 1. The highest BCUT2D eigenvalue weighted by Crippen LogP contribution is 2.21. The molecule has 1 unspecified atom stereocenters. The number of nitrogen functional groups attached to an aromatic ring is 1. The van der Waals surface area contributed by atoms with Crippen LogP contribution >= 0.6 is 0 Å². The lowest BCUT2D eigenvalue weighted by Gasteiger charge is -2.06. The third-order valence-electron chi connectivity index (χ3n) is 3.20. The van der Waals surface area contributed by atoms with E-state index >= 15 is 0 Å². The second-order valence-corrected chi connectivity index (χ2v) is 5.09. The maximum absolute atomic E-state index is 9.32. The van der Waals surface area contributed by atoms with Crippen molar-refractivity contribution in [2.24, 2.45) is 0 Å². The number of methoxy groups -OCH3 is 1. The summed E-state index contributed by atoms with van der Waals surface area (Å²) >= 11 is 0. The standard InChI is InChI=1S/C16H16N6O2/c1-10(23)3-4-11-5-6-12-13(7-11)22(14(20-12)8-24-2)16-19-9-18-15(17)21-16/h5-7,9-10,23H,8H2,1-2H3,(H2,17,18,19,21). The zero-order valence-corrected chi connectivity index (χ0v) is 13.3. The molecule has 3 rings (SSSR count). The highest BCUT2D eigenvalue weighted by Gasteiger charge is 2.15. The van der Waals surface area contributed by atoms with Gasteiger partial charge in [0, 0.05) is 12.7 Å². The van der Waals surface area contributed by atoms with Crippen molar-refractivity contribution in [1.29, 1.82) is 0 Å². The van der Waals surface area contributed by atoms with Gasteiger partial charge in [0.25, 0.3) is 0 Å². The van der Waals surface area contributed by atoms with Gasteiger partial charge in [-0.05, 0) is 25.1 Å². The molecule has 8 heteroatoms. The van der Waals surface area contributed by atoms with Crippen LogP contribution in [-0.2, 0) is 11.3 Å². The lowest BCUT2D eigenvalue weighted by Crippen LogP contribution is -2.09. The van der Waals surface area contributed by atoms with E-state index < -0.39 is 6.10 Å². The van der Waals surface area contributed by atoms with Gasteiger partial charge in [0.05, 0.1) is 11.0 Å². The molecular formula is C16H16N6O2. The number of aromatic nitrogens is 5. The fourth-order valence-corrected chi connectivity index (χ4v) is 2.25. The van der Waals surface area contributed by atoms with E-state index in [1.54, 1.807) is 18.6 Å². The topological polar surface area (TPSA) is 112 Å². The van der Waals surface area contributed by atoms with Gasteiger partial charge in [0.1, 0.15) is 24.9 Å². The summed E-state index contributed by atoms with van der Waals surface area (Å²) < 4.78 is 6.97. The molecule has 0 amide bonds. The van der Waals surface area contributed by atoms with Crippen molar-refractivity contribution in [3.63, 3.8) is 0 Å². The van der Waals surface area contributed by atoms with E-state index in [-0.39, 0.29) is 12.6 Å². The van der Waals surface area contributed by atoms with Crippen LogP contribution in [0.1, 0.15) is 18.3 Å². The summed E-state index contributed by atoms with van der Waals surface area (Å²) in [7, 11) is 1.59. The maximum atomic E-state index is 9.32. The first-order valence-corrected chi connectivity index (χ1v) is 7.23. The van der Waals surface area contributed by atoms with Crippen molar-refractivity contribution in [3.8, 4) is 17.8 Å². The largest absolute Gasteiger partial charge is 0.381 e. The molecule has 1 atom stereocenters. The predicted molar refractivity (Wildman–Crippen MR) is 88.1 cm³/mol. The van der Waals surface area contributed by atoms with Gasteiger partial charge >= 0.3 is 0 Å². The van der Waals surface area contributed by atoms with E-state index in [9.17, 15) is 5.11 Å². The van der Waals surface area contributed by atoms with Gasteiger partial charge in [0.2, 0.25) is 11.9 Å². The molecule has 0 aliphatic heterocycles. The molecule has 0 radical (unpaired) electrons. The number of hydrogen-bond donors (Lipinski definition) is 2. The van der Waals surface area contributed by atoms with Crippen LogP contribution in [0.3, 0.4) is 0 Å². The molecule has 8 nitrogen and oxygen atoms in total. The Morgan fingerprint density at radius 2 is 2.17 bits per heavy atom. The number of nitrogens with two attached hydrogens (primary N) is 1. The van der Waals surface area contributed by atoms with Crippen molar-refractivity contribution < 1.29 is 9.84 Å². The average Bonchev–Trinajstić information content (AvgIpc) is 2.90. The van der Waals surface area contributed by atoms with Crippen molar-refractivity contribution in [2.45, 2.75) is 19.6 Å². The fraction of sp³-hybridized carbons (Fsp3) is 0.250. The van der Waals surface area contributed by atoms with Gasteiger partial charge in [-0.15, -0.1) is 0 Å². The van der Waals surface area contributed by atoms with Crippen LogP contribution in [-0.4, -0.2) is 42.8 Å². The summed E-state index contributed by atoms with van der Waals surface area (Å²) in [6.07, 6.45) is 0.648. The van der Waals surface area contributed by atoms with Gasteiger partial charge < -0.3 is 15.6 Å². The van der Waals surface area contributed by atoms with Crippen LogP contribution in [0.2, 0.25) is 0 Å². The Hall–Kier alpha value is -3.02. The normalized spacial score (nSPS) is 12.0. The second kappa shape index (κ2) is 6.62. The number of rotatable bonds is 3. The minimum Gasteiger partial charge on any atom is -0.381 e. The van der Waals surface area contributed by atoms with Crippen LogP contribution in [0.5, 0.6) is 0 Å². The summed E-state index contributed by atoms with van der Waals surface area (Å²) in [5.41, 5.74) is 7.93. The smallest absolute Gasteiger partial charge is 0.240 e. The number of fused-ring (bicyclic) bond motifs is 1. The minimum absolute atomic E-state index is 0.121. The van der Waals surface area contributed by atoms with Gasteiger partial charge in [-0.25, -0.2) is 15.0 Å². The molecule has 0 spiro atoms. The Balaban J connectivity index is 2.21. The van der Waals surface area contributed by atoms with E-state index in [4.69, 9.17) is 10.5 Å². The molecule has 0 saturated carbocycles. The minimum atomic E-state index is -0.696. The van der Waals surface area contributed by atoms with Crippen LogP contribution < -0.4 is 5.73 Å². The quantitative estimate of drug-likeness (QED) is 0.681. The summed E-state index contributed by atoms with van der Waals surface area (Å²) in [5, 5.41) is 9.32. The lowest BCUT2D eigenvalue weighted by atomic mass is 10.2. The monoisotopic (exact) mass is 324 g/mol. The number of hydrogen-bond acceptors (Lipinski definition) is 7. The zero-order valence-electron chi connectivity index (χ0n) is 13.3. The number of aliphatic hydroxyl groups is 1. The Morgan fingerprint density at radius 3 is 2.88 bits per heavy atom. The number of imidazole rings is 1. The van der Waals surface area contributed by atoms with Gasteiger partial charge in [-0.1, -0.05) is 11.8 Å². The molecule has 2 aromatic heterocycles. The van der Waals surface area contributed by atoms with Crippen molar-refractivity contribution in [2.75, 3.05) is 12.8 Å². The number of aliphatic hydroxyl groups excluding tert-OH is 1. The number of anilines is 1. The van der Waals surface area contributed by atoms with Crippen molar-refractivity contribution >= 4 is 17.0 Å². The number of benzene rings is 1. The van der Waals surface area contributed by atoms with Crippen LogP contribution in [0.25, 0.3) is 17.0 Å². The maximum Gasteiger partial charge on any atom is 0.240 e. The molecule has 122 valence electrons. The molecule has 0 aliphatic carbocycles. The van der Waals surface area contributed by atoms with Gasteiger partial charge in [-0.3, -0.25) is 4.57 Å². The Kier molecular flexibility index (Phi) is 4.37. The molecule has 3 aromatic rings. The van der Waals surface area contributed by atoms with E-state index in [0.717, 1.165) is 16.6 Å². The average molecular weight is 324 g/mol.